The van der Waals surface area contributed by atoms with Gasteiger partial charge in [-0.2, -0.15) is 0 Å². The quantitative estimate of drug-likeness (QED) is 0.729. The zero-order valence-corrected chi connectivity index (χ0v) is 15.4. The van der Waals surface area contributed by atoms with Crippen LogP contribution in [0.3, 0.4) is 0 Å². The Balaban J connectivity index is 1.72. The first kappa shape index (κ1) is 17.7. The van der Waals surface area contributed by atoms with E-state index >= 15 is 0 Å². The van der Waals surface area contributed by atoms with Crippen molar-refractivity contribution in [3.05, 3.63) is 56.3 Å². The second-order valence-electron chi connectivity index (χ2n) is 8.39. The highest BCUT2D eigenvalue weighted by Gasteiger charge is 2.38. The maximum absolute atomic E-state index is 12.1. The average Bonchev–Trinajstić information content (AvgIpc) is 2.51. The maximum atomic E-state index is 12.1. The number of hydrogen-bond donors (Lipinski definition) is 3. The van der Waals surface area contributed by atoms with Gasteiger partial charge in [-0.05, 0) is 46.1 Å². The highest BCUT2D eigenvalue weighted by Crippen LogP contribution is 2.31. The predicted molar refractivity (Wildman–Crippen MR) is 103 cm³/mol. The Morgan fingerprint density at radius 3 is 2.12 bits per heavy atom. The van der Waals surface area contributed by atoms with Crippen molar-refractivity contribution in [1.82, 2.24) is 5.32 Å². The summed E-state index contributed by atoms with van der Waals surface area (Å²) in [6, 6.07) is 10.0. The molecule has 0 spiro atoms. The number of nitrogens with one attached hydrogen (secondary N) is 3. The van der Waals surface area contributed by atoms with Crippen LogP contribution in [0, 0.1) is 0 Å². The summed E-state index contributed by atoms with van der Waals surface area (Å²) >= 11 is 0. The Labute approximate surface area is 148 Å². The number of benzene rings is 1. The summed E-state index contributed by atoms with van der Waals surface area (Å²) < 4.78 is 0. The molecule has 0 unspecified atom stereocenters. The van der Waals surface area contributed by atoms with Gasteiger partial charge < -0.3 is 16.0 Å². The van der Waals surface area contributed by atoms with Crippen molar-refractivity contribution in [3.8, 4) is 0 Å². The normalized spacial score (nSPS) is 19.7. The van der Waals surface area contributed by atoms with Crippen LogP contribution in [0.15, 0.2) is 39.9 Å². The molecule has 1 aliphatic heterocycles. The molecular weight excluding hydrogens is 314 g/mol. The van der Waals surface area contributed by atoms with Gasteiger partial charge in [0, 0.05) is 23.7 Å². The molecule has 5 heteroatoms. The molecule has 2 aromatic carbocycles. The van der Waals surface area contributed by atoms with Crippen molar-refractivity contribution in [2.75, 3.05) is 10.6 Å². The smallest absolute Gasteiger partial charge is 0.253 e. The molecule has 0 saturated carbocycles. The monoisotopic (exact) mass is 341 g/mol. The van der Waals surface area contributed by atoms with Crippen LogP contribution >= 0.6 is 0 Å². The molecule has 2 aromatic rings. The van der Waals surface area contributed by atoms with Crippen molar-refractivity contribution in [2.24, 2.45) is 0 Å². The number of rotatable bonds is 5. The molecule has 0 amide bonds. The van der Waals surface area contributed by atoms with Crippen LogP contribution in [-0.4, -0.2) is 17.1 Å². The van der Waals surface area contributed by atoms with Crippen molar-refractivity contribution >= 4 is 11.4 Å². The largest absolute Gasteiger partial charge is 0.377 e. The first-order valence-electron chi connectivity index (χ1n) is 8.84. The summed E-state index contributed by atoms with van der Waals surface area (Å²) in [6.07, 6.45) is 1.79. The van der Waals surface area contributed by atoms with Crippen LogP contribution in [-0.2, 0) is 6.54 Å². The fourth-order valence-electron chi connectivity index (χ4n) is 4.11. The third-order valence-corrected chi connectivity index (χ3v) is 4.76. The van der Waals surface area contributed by atoms with E-state index in [9.17, 15) is 9.59 Å². The van der Waals surface area contributed by atoms with Crippen molar-refractivity contribution in [2.45, 2.75) is 64.2 Å². The number of hydrogen-bond acceptors (Lipinski definition) is 5. The molecule has 1 aliphatic rings. The van der Waals surface area contributed by atoms with Crippen molar-refractivity contribution < 1.29 is 0 Å². The summed E-state index contributed by atoms with van der Waals surface area (Å²) in [7, 11) is 0. The van der Waals surface area contributed by atoms with Gasteiger partial charge in [0.1, 0.15) is 11.4 Å². The Morgan fingerprint density at radius 1 is 0.960 bits per heavy atom. The van der Waals surface area contributed by atoms with Crippen LogP contribution in [0.4, 0.5) is 11.4 Å². The minimum absolute atomic E-state index is 0.0194. The SMILES string of the molecule is CC1(C)CC(Nc2c(NCc3ccccc3)c(=O)c2=O)CC(C)(C)N1. The Bertz CT molecular complexity index is 801. The molecular formula is C20H27N3O2. The third kappa shape index (κ3) is 3.93. The van der Waals surface area contributed by atoms with Gasteiger partial charge in [0.2, 0.25) is 0 Å². The highest BCUT2D eigenvalue weighted by atomic mass is 16.2. The standard InChI is InChI=1S/C20H27N3O2/c1-19(2)10-14(11-20(3,4)23-19)22-16-15(17(24)18(16)25)21-12-13-8-6-5-7-9-13/h5-9,14,21-23H,10-12H2,1-4H3. The van der Waals surface area contributed by atoms with Gasteiger partial charge in [0.15, 0.2) is 0 Å². The Morgan fingerprint density at radius 2 is 1.52 bits per heavy atom. The van der Waals surface area contributed by atoms with Gasteiger partial charge in [-0.25, -0.2) is 0 Å². The van der Waals surface area contributed by atoms with Crippen LogP contribution < -0.4 is 26.8 Å². The van der Waals surface area contributed by atoms with Gasteiger partial charge in [-0.1, -0.05) is 30.3 Å². The minimum Gasteiger partial charge on any atom is -0.377 e. The van der Waals surface area contributed by atoms with Crippen LogP contribution in [0.25, 0.3) is 0 Å². The van der Waals surface area contributed by atoms with Crippen LogP contribution in [0.2, 0.25) is 0 Å². The van der Waals surface area contributed by atoms with Gasteiger partial charge in [-0.15, -0.1) is 0 Å². The predicted octanol–water partition coefficient (Wildman–Crippen LogP) is 2.62. The van der Waals surface area contributed by atoms with E-state index < -0.39 is 10.9 Å². The van der Waals surface area contributed by atoms with Crippen molar-refractivity contribution in [1.29, 1.82) is 0 Å². The summed E-state index contributed by atoms with van der Waals surface area (Å²) in [5.41, 5.74) is 1.06. The van der Waals surface area contributed by atoms with Gasteiger partial charge in [0.05, 0.1) is 0 Å². The zero-order chi connectivity index (χ0) is 18.2. The van der Waals surface area contributed by atoms with E-state index in [4.69, 9.17) is 0 Å². The van der Waals surface area contributed by atoms with Gasteiger partial charge in [0.25, 0.3) is 10.9 Å². The molecule has 25 heavy (non-hydrogen) atoms. The van der Waals surface area contributed by atoms with E-state index in [0.29, 0.717) is 17.9 Å². The molecule has 0 aliphatic carbocycles. The molecule has 0 atom stereocenters. The van der Waals surface area contributed by atoms with E-state index in [-0.39, 0.29) is 17.1 Å². The number of piperidine rings is 1. The minimum atomic E-state index is -0.425. The molecule has 1 fully saturated rings. The zero-order valence-electron chi connectivity index (χ0n) is 15.4. The second kappa shape index (κ2) is 6.30. The Hall–Kier alpha value is -2.14. The fraction of sp³-hybridized carbons (Fsp3) is 0.500. The average molecular weight is 341 g/mol. The Kier molecular flexibility index (Phi) is 4.45. The lowest BCUT2D eigenvalue weighted by molar-refractivity contribution is 0.170. The third-order valence-electron chi connectivity index (χ3n) is 4.76. The van der Waals surface area contributed by atoms with E-state index in [1.807, 2.05) is 30.3 Å². The lowest BCUT2D eigenvalue weighted by atomic mass is 9.79. The molecule has 0 aromatic heterocycles. The molecule has 1 heterocycles. The second-order valence-corrected chi connectivity index (χ2v) is 8.39. The van der Waals surface area contributed by atoms with Gasteiger partial charge >= 0.3 is 0 Å². The summed E-state index contributed by atoms with van der Waals surface area (Å²) in [4.78, 5) is 24.0. The van der Waals surface area contributed by atoms with E-state index in [2.05, 4.69) is 43.6 Å². The lowest BCUT2D eigenvalue weighted by Crippen LogP contribution is -2.60. The molecule has 1 saturated heterocycles. The number of anilines is 2. The van der Waals surface area contributed by atoms with E-state index in [0.717, 1.165) is 18.4 Å². The highest BCUT2D eigenvalue weighted by molar-refractivity contribution is 5.74. The summed E-state index contributed by atoms with van der Waals surface area (Å²) in [5.74, 6) is 0. The molecule has 3 rings (SSSR count). The first-order valence-corrected chi connectivity index (χ1v) is 8.84. The summed E-state index contributed by atoms with van der Waals surface area (Å²) in [6.45, 7) is 9.20. The fourth-order valence-corrected chi connectivity index (χ4v) is 4.11. The van der Waals surface area contributed by atoms with Crippen LogP contribution in [0.1, 0.15) is 46.1 Å². The molecule has 5 nitrogen and oxygen atoms in total. The molecule has 134 valence electrons. The van der Waals surface area contributed by atoms with E-state index in [1.165, 1.54) is 0 Å². The van der Waals surface area contributed by atoms with Crippen LogP contribution in [0.5, 0.6) is 0 Å². The first-order chi connectivity index (χ1) is 11.7. The molecule has 3 N–H and O–H groups in total. The van der Waals surface area contributed by atoms with E-state index in [1.54, 1.807) is 0 Å². The molecule has 0 bridgehead atoms. The van der Waals surface area contributed by atoms with Crippen molar-refractivity contribution in [3.63, 3.8) is 0 Å². The topological polar surface area (TPSA) is 70.2 Å². The van der Waals surface area contributed by atoms with Gasteiger partial charge in [-0.3, -0.25) is 9.59 Å². The summed E-state index contributed by atoms with van der Waals surface area (Å²) in [5, 5.41) is 10.1. The lowest BCUT2D eigenvalue weighted by Gasteiger charge is -2.47. The molecule has 0 radical (unpaired) electrons. The maximum Gasteiger partial charge on any atom is 0.253 e.